The van der Waals surface area contributed by atoms with Crippen LogP contribution in [0, 0.1) is 6.92 Å². The van der Waals surface area contributed by atoms with Crippen molar-refractivity contribution in [1.82, 2.24) is 5.32 Å². The van der Waals surface area contributed by atoms with Gasteiger partial charge in [0.15, 0.2) is 0 Å². The smallest absolute Gasteiger partial charge is 0.221 e. The zero-order valence-electron chi connectivity index (χ0n) is 11.5. The van der Waals surface area contributed by atoms with Crippen LogP contribution in [0.1, 0.15) is 25.8 Å². The van der Waals surface area contributed by atoms with Crippen LogP contribution in [0.25, 0.3) is 0 Å². The fourth-order valence-corrected chi connectivity index (χ4v) is 1.70. The van der Waals surface area contributed by atoms with Gasteiger partial charge in [-0.3, -0.25) is 4.79 Å². The van der Waals surface area contributed by atoms with Crippen LogP contribution in [0.15, 0.2) is 18.2 Å². The van der Waals surface area contributed by atoms with Crippen LogP contribution in [0.3, 0.4) is 0 Å². The van der Waals surface area contributed by atoms with E-state index in [0.29, 0.717) is 13.0 Å². The molecule has 0 aliphatic carbocycles. The summed E-state index contributed by atoms with van der Waals surface area (Å²) in [6.45, 7) is 6.54. The summed E-state index contributed by atoms with van der Waals surface area (Å²) in [7, 11) is 1.66. The highest BCUT2D eigenvalue weighted by molar-refractivity contribution is 5.76. The van der Waals surface area contributed by atoms with E-state index in [-0.39, 0.29) is 11.9 Å². The Hall–Kier alpha value is -1.71. The molecule has 100 valence electrons. The molecule has 0 fully saturated rings. The molecule has 0 aromatic heterocycles. The summed E-state index contributed by atoms with van der Waals surface area (Å²) in [6, 6.07) is 6.08. The van der Waals surface area contributed by atoms with Gasteiger partial charge in [-0.15, -0.1) is 0 Å². The zero-order valence-corrected chi connectivity index (χ0v) is 11.5. The van der Waals surface area contributed by atoms with E-state index in [4.69, 9.17) is 4.74 Å². The fourth-order valence-electron chi connectivity index (χ4n) is 1.70. The molecule has 0 unspecified atom stereocenters. The van der Waals surface area contributed by atoms with E-state index in [2.05, 4.69) is 10.6 Å². The van der Waals surface area contributed by atoms with Crippen molar-refractivity contribution < 1.29 is 9.53 Å². The summed E-state index contributed by atoms with van der Waals surface area (Å²) in [6.07, 6.45) is 0.475. The molecular formula is C14H22N2O2. The van der Waals surface area contributed by atoms with Crippen molar-refractivity contribution in [3.8, 4) is 5.75 Å². The van der Waals surface area contributed by atoms with E-state index in [9.17, 15) is 4.79 Å². The molecule has 18 heavy (non-hydrogen) atoms. The maximum absolute atomic E-state index is 11.4. The maximum Gasteiger partial charge on any atom is 0.221 e. The molecule has 0 radical (unpaired) electrons. The Balaban J connectivity index is 2.40. The van der Waals surface area contributed by atoms with E-state index in [0.717, 1.165) is 17.0 Å². The molecule has 0 spiro atoms. The third kappa shape index (κ3) is 4.65. The predicted molar refractivity (Wildman–Crippen MR) is 74.1 cm³/mol. The lowest BCUT2D eigenvalue weighted by molar-refractivity contribution is -0.121. The van der Waals surface area contributed by atoms with Crippen molar-refractivity contribution in [3.05, 3.63) is 23.8 Å². The third-order valence-electron chi connectivity index (χ3n) is 2.53. The number of benzene rings is 1. The van der Waals surface area contributed by atoms with Gasteiger partial charge in [0.2, 0.25) is 5.91 Å². The van der Waals surface area contributed by atoms with E-state index in [1.165, 1.54) is 0 Å². The minimum atomic E-state index is 0.0720. The predicted octanol–water partition coefficient (Wildman–Crippen LogP) is 2.33. The van der Waals surface area contributed by atoms with Gasteiger partial charge in [-0.1, -0.05) is 0 Å². The molecule has 0 bridgehead atoms. The largest absolute Gasteiger partial charge is 0.496 e. The summed E-state index contributed by atoms with van der Waals surface area (Å²) < 4.78 is 5.19. The number of carbonyl (C=O) groups excluding carboxylic acids is 1. The third-order valence-corrected chi connectivity index (χ3v) is 2.53. The summed E-state index contributed by atoms with van der Waals surface area (Å²) in [5.41, 5.74) is 2.08. The maximum atomic E-state index is 11.4. The molecule has 4 heteroatoms. The molecule has 1 aromatic rings. The van der Waals surface area contributed by atoms with Gasteiger partial charge in [0.1, 0.15) is 5.75 Å². The minimum Gasteiger partial charge on any atom is -0.496 e. The summed E-state index contributed by atoms with van der Waals surface area (Å²) in [5, 5.41) is 6.08. The van der Waals surface area contributed by atoms with Crippen molar-refractivity contribution in [1.29, 1.82) is 0 Å². The molecule has 1 rings (SSSR count). The van der Waals surface area contributed by atoms with Crippen LogP contribution in [-0.2, 0) is 4.79 Å². The van der Waals surface area contributed by atoms with E-state index in [1.807, 2.05) is 39.0 Å². The van der Waals surface area contributed by atoms with Gasteiger partial charge in [0, 0.05) is 24.7 Å². The number of rotatable bonds is 6. The quantitative estimate of drug-likeness (QED) is 0.814. The number of ether oxygens (including phenoxy) is 1. The highest BCUT2D eigenvalue weighted by atomic mass is 16.5. The van der Waals surface area contributed by atoms with Gasteiger partial charge in [-0.25, -0.2) is 0 Å². The Bertz CT molecular complexity index is 403. The monoisotopic (exact) mass is 250 g/mol. The number of hydrogen-bond donors (Lipinski definition) is 2. The fraction of sp³-hybridized carbons (Fsp3) is 0.500. The lowest BCUT2D eigenvalue weighted by Gasteiger charge is -2.11. The second-order valence-corrected chi connectivity index (χ2v) is 4.58. The highest BCUT2D eigenvalue weighted by Gasteiger charge is 2.03. The van der Waals surface area contributed by atoms with Crippen molar-refractivity contribution in [2.45, 2.75) is 33.2 Å². The first-order valence-corrected chi connectivity index (χ1v) is 6.21. The normalized spacial score (nSPS) is 10.3. The van der Waals surface area contributed by atoms with Gasteiger partial charge in [0.05, 0.1) is 7.11 Å². The van der Waals surface area contributed by atoms with Gasteiger partial charge in [-0.05, 0) is 44.5 Å². The van der Waals surface area contributed by atoms with Crippen LogP contribution in [-0.4, -0.2) is 25.6 Å². The molecule has 0 saturated heterocycles. The highest BCUT2D eigenvalue weighted by Crippen LogP contribution is 2.21. The van der Waals surface area contributed by atoms with E-state index in [1.54, 1.807) is 7.11 Å². The summed E-state index contributed by atoms with van der Waals surface area (Å²) in [4.78, 5) is 11.4. The number of hydrogen-bond acceptors (Lipinski definition) is 3. The number of anilines is 1. The minimum absolute atomic E-state index is 0.0720. The molecule has 1 amide bonds. The molecule has 1 aromatic carbocycles. The molecule has 0 saturated carbocycles. The Morgan fingerprint density at radius 2 is 2.11 bits per heavy atom. The second-order valence-electron chi connectivity index (χ2n) is 4.58. The van der Waals surface area contributed by atoms with Crippen LogP contribution in [0.2, 0.25) is 0 Å². The van der Waals surface area contributed by atoms with Crippen molar-refractivity contribution in [3.63, 3.8) is 0 Å². The molecule has 4 nitrogen and oxygen atoms in total. The zero-order chi connectivity index (χ0) is 13.5. The van der Waals surface area contributed by atoms with Gasteiger partial charge in [-0.2, -0.15) is 0 Å². The Labute approximate surface area is 109 Å². The number of amides is 1. The molecule has 0 heterocycles. The first-order chi connectivity index (χ1) is 8.52. The number of carbonyl (C=O) groups is 1. The van der Waals surface area contributed by atoms with Crippen LogP contribution >= 0.6 is 0 Å². The first-order valence-electron chi connectivity index (χ1n) is 6.21. The lowest BCUT2D eigenvalue weighted by Crippen LogP contribution is -2.31. The van der Waals surface area contributed by atoms with Crippen molar-refractivity contribution in [2.24, 2.45) is 0 Å². The van der Waals surface area contributed by atoms with Gasteiger partial charge < -0.3 is 15.4 Å². The van der Waals surface area contributed by atoms with Crippen molar-refractivity contribution >= 4 is 11.6 Å². The number of nitrogens with one attached hydrogen (secondary N) is 2. The molecule has 0 aliphatic heterocycles. The number of aryl methyl sites for hydroxylation is 1. The van der Waals surface area contributed by atoms with E-state index >= 15 is 0 Å². The Morgan fingerprint density at radius 1 is 1.39 bits per heavy atom. The average Bonchev–Trinajstić information content (AvgIpc) is 2.28. The van der Waals surface area contributed by atoms with Gasteiger partial charge in [0.25, 0.3) is 0 Å². The van der Waals surface area contributed by atoms with E-state index < -0.39 is 0 Å². The van der Waals surface area contributed by atoms with Crippen LogP contribution < -0.4 is 15.4 Å². The van der Waals surface area contributed by atoms with Crippen LogP contribution in [0.4, 0.5) is 5.69 Å². The topological polar surface area (TPSA) is 50.4 Å². The SMILES string of the molecule is COc1ccc(NCCC(=O)NC(C)C)cc1C. The number of methoxy groups -OCH3 is 1. The molecule has 0 aliphatic rings. The van der Waals surface area contributed by atoms with Crippen LogP contribution in [0.5, 0.6) is 5.75 Å². The summed E-state index contributed by atoms with van der Waals surface area (Å²) >= 11 is 0. The molecule has 2 N–H and O–H groups in total. The standard InChI is InChI=1S/C14H22N2O2/c1-10(2)16-14(17)7-8-15-12-5-6-13(18-4)11(3)9-12/h5-6,9-10,15H,7-8H2,1-4H3,(H,16,17). The van der Waals surface area contributed by atoms with Crippen molar-refractivity contribution in [2.75, 3.05) is 19.0 Å². The second kappa shape index (κ2) is 6.89. The summed E-state index contributed by atoms with van der Waals surface area (Å²) in [5.74, 6) is 0.945. The molecule has 0 atom stereocenters. The average molecular weight is 250 g/mol. The molecular weight excluding hydrogens is 228 g/mol. The van der Waals surface area contributed by atoms with Gasteiger partial charge >= 0.3 is 0 Å². The lowest BCUT2D eigenvalue weighted by atomic mass is 10.2. The first kappa shape index (κ1) is 14.4. The Morgan fingerprint density at radius 3 is 2.67 bits per heavy atom. The Kier molecular flexibility index (Phi) is 5.49.